The molecule has 1 aromatic carbocycles. The van der Waals surface area contributed by atoms with Crippen molar-refractivity contribution in [3.63, 3.8) is 0 Å². The monoisotopic (exact) mass is 412 g/mol. The number of hydrogen-bond donors (Lipinski definition) is 1. The van der Waals surface area contributed by atoms with Gasteiger partial charge in [-0.3, -0.25) is 14.4 Å². The van der Waals surface area contributed by atoms with Crippen molar-refractivity contribution in [2.45, 2.75) is 25.7 Å². The number of pyridine rings is 1. The summed E-state index contributed by atoms with van der Waals surface area (Å²) in [5.74, 6) is 0.0982. The maximum Gasteiger partial charge on any atom is 0.253 e. The number of thioether (sulfide) groups is 1. The van der Waals surface area contributed by atoms with Crippen molar-refractivity contribution >= 4 is 41.0 Å². The maximum absolute atomic E-state index is 12.7. The number of aryl methyl sites for hydroxylation is 1. The van der Waals surface area contributed by atoms with E-state index in [0.717, 1.165) is 10.5 Å². The Hall–Kier alpha value is -2.87. The standard InChI is InChI=1S/C21H24N4O3S/c1-4-24(5-2)21(28)15-7-8-17-16(10-15)25(20(27)13-29-17)12-19(26)23-18-9-6-14(3)11-22-18/h6-11H,4-5,12-13H2,1-3H3,(H,22,23,26). The summed E-state index contributed by atoms with van der Waals surface area (Å²) in [6.45, 7) is 6.84. The fourth-order valence-corrected chi connectivity index (χ4v) is 3.99. The number of aromatic nitrogens is 1. The zero-order valence-corrected chi connectivity index (χ0v) is 17.6. The zero-order valence-electron chi connectivity index (χ0n) is 16.8. The van der Waals surface area contributed by atoms with Crippen LogP contribution in [0.15, 0.2) is 41.4 Å². The second kappa shape index (κ2) is 9.09. The number of rotatable bonds is 6. The number of anilines is 2. The van der Waals surface area contributed by atoms with Gasteiger partial charge in [0.15, 0.2) is 0 Å². The largest absolute Gasteiger partial charge is 0.339 e. The quantitative estimate of drug-likeness (QED) is 0.789. The summed E-state index contributed by atoms with van der Waals surface area (Å²) in [5, 5.41) is 2.72. The topological polar surface area (TPSA) is 82.6 Å². The van der Waals surface area contributed by atoms with Crippen LogP contribution in [0.5, 0.6) is 0 Å². The van der Waals surface area contributed by atoms with Crippen LogP contribution >= 0.6 is 11.8 Å². The van der Waals surface area contributed by atoms with Gasteiger partial charge in [-0.15, -0.1) is 11.8 Å². The van der Waals surface area contributed by atoms with Gasteiger partial charge in [-0.05, 0) is 50.6 Å². The van der Waals surface area contributed by atoms with E-state index in [2.05, 4.69) is 10.3 Å². The molecule has 1 aliphatic rings. The highest BCUT2D eigenvalue weighted by Gasteiger charge is 2.28. The van der Waals surface area contributed by atoms with Gasteiger partial charge >= 0.3 is 0 Å². The van der Waals surface area contributed by atoms with E-state index in [1.54, 1.807) is 29.3 Å². The molecule has 0 spiro atoms. The lowest BCUT2D eigenvalue weighted by Gasteiger charge is -2.29. The van der Waals surface area contributed by atoms with Crippen LogP contribution in [-0.4, -0.2) is 53.0 Å². The average molecular weight is 413 g/mol. The first-order valence-corrected chi connectivity index (χ1v) is 10.5. The molecule has 1 aromatic heterocycles. The van der Waals surface area contributed by atoms with Gasteiger partial charge < -0.3 is 15.1 Å². The summed E-state index contributed by atoms with van der Waals surface area (Å²) in [4.78, 5) is 45.9. The summed E-state index contributed by atoms with van der Waals surface area (Å²) in [5.41, 5.74) is 2.09. The normalized spacial score (nSPS) is 13.1. The van der Waals surface area contributed by atoms with E-state index in [0.29, 0.717) is 30.2 Å². The maximum atomic E-state index is 12.7. The van der Waals surface area contributed by atoms with Gasteiger partial charge in [0, 0.05) is 29.7 Å². The van der Waals surface area contributed by atoms with E-state index in [-0.39, 0.29) is 30.0 Å². The number of amides is 3. The fraction of sp³-hybridized carbons (Fsp3) is 0.333. The summed E-state index contributed by atoms with van der Waals surface area (Å²) in [6, 6.07) is 8.89. The lowest BCUT2D eigenvalue weighted by Crippen LogP contribution is -2.41. The summed E-state index contributed by atoms with van der Waals surface area (Å²) in [6.07, 6.45) is 1.67. The van der Waals surface area contributed by atoms with E-state index >= 15 is 0 Å². The molecule has 1 N–H and O–H groups in total. The number of hydrogen-bond acceptors (Lipinski definition) is 5. The van der Waals surface area contributed by atoms with Gasteiger partial charge in [0.05, 0.1) is 11.4 Å². The Labute approximate surface area is 174 Å². The Morgan fingerprint density at radius 3 is 2.62 bits per heavy atom. The predicted octanol–water partition coefficient (Wildman–Crippen LogP) is 2.95. The molecule has 8 heteroatoms. The van der Waals surface area contributed by atoms with Crippen LogP contribution in [-0.2, 0) is 9.59 Å². The predicted molar refractivity (Wildman–Crippen MR) is 114 cm³/mol. The van der Waals surface area contributed by atoms with E-state index in [1.807, 2.05) is 32.9 Å². The molecule has 3 amide bonds. The zero-order chi connectivity index (χ0) is 21.0. The molecule has 7 nitrogen and oxygen atoms in total. The van der Waals surface area contributed by atoms with Crippen molar-refractivity contribution in [2.75, 3.05) is 35.6 Å². The minimum atomic E-state index is -0.340. The summed E-state index contributed by atoms with van der Waals surface area (Å²) < 4.78 is 0. The van der Waals surface area contributed by atoms with Gasteiger partial charge in [0.1, 0.15) is 12.4 Å². The molecule has 1 aliphatic heterocycles. The van der Waals surface area contributed by atoms with Crippen molar-refractivity contribution in [2.24, 2.45) is 0 Å². The highest BCUT2D eigenvalue weighted by Crippen LogP contribution is 2.36. The third kappa shape index (κ3) is 4.76. The molecule has 3 rings (SSSR count). The van der Waals surface area contributed by atoms with Crippen molar-refractivity contribution in [1.29, 1.82) is 0 Å². The molecule has 0 saturated carbocycles. The molecule has 0 unspecified atom stereocenters. The van der Waals surface area contributed by atoms with E-state index < -0.39 is 0 Å². The van der Waals surface area contributed by atoms with Crippen molar-refractivity contribution in [3.8, 4) is 0 Å². The van der Waals surface area contributed by atoms with Gasteiger partial charge in [-0.1, -0.05) is 6.07 Å². The molecule has 0 bridgehead atoms. The second-order valence-electron chi connectivity index (χ2n) is 6.70. The van der Waals surface area contributed by atoms with E-state index in [4.69, 9.17) is 0 Å². The molecule has 2 aromatic rings. The lowest BCUT2D eigenvalue weighted by molar-refractivity contribution is -0.120. The van der Waals surface area contributed by atoms with Gasteiger partial charge in [-0.2, -0.15) is 0 Å². The molecular formula is C21H24N4O3S. The minimum absolute atomic E-state index is 0.0888. The van der Waals surface area contributed by atoms with Gasteiger partial charge in [-0.25, -0.2) is 4.98 Å². The number of nitrogens with one attached hydrogen (secondary N) is 1. The van der Waals surface area contributed by atoms with Crippen LogP contribution in [0.1, 0.15) is 29.8 Å². The van der Waals surface area contributed by atoms with Crippen LogP contribution in [0.4, 0.5) is 11.5 Å². The molecule has 0 radical (unpaired) electrons. The first-order valence-electron chi connectivity index (χ1n) is 9.52. The number of carbonyl (C=O) groups excluding carboxylic acids is 3. The molecule has 152 valence electrons. The molecule has 2 heterocycles. The molecule has 29 heavy (non-hydrogen) atoms. The number of carbonyl (C=O) groups is 3. The fourth-order valence-electron chi connectivity index (χ4n) is 3.07. The second-order valence-corrected chi connectivity index (χ2v) is 7.71. The molecule has 0 aliphatic carbocycles. The van der Waals surface area contributed by atoms with Crippen LogP contribution in [0.2, 0.25) is 0 Å². The highest BCUT2D eigenvalue weighted by molar-refractivity contribution is 8.00. The van der Waals surface area contributed by atoms with Crippen LogP contribution in [0.3, 0.4) is 0 Å². The Kier molecular flexibility index (Phi) is 6.53. The Morgan fingerprint density at radius 2 is 1.97 bits per heavy atom. The first-order chi connectivity index (χ1) is 13.9. The Balaban J connectivity index is 1.82. The van der Waals surface area contributed by atoms with Gasteiger partial charge in [0.25, 0.3) is 5.91 Å². The third-order valence-electron chi connectivity index (χ3n) is 4.68. The minimum Gasteiger partial charge on any atom is -0.339 e. The molecular weight excluding hydrogens is 388 g/mol. The van der Waals surface area contributed by atoms with E-state index in [9.17, 15) is 14.4 Å². The number of fused-ring (bicyclic) bond motifs is 1. The third-order valence-corrected chi connectivity index (χ3v) is 5.73. The first kappa shape index (κ1) is 20.9. The highest BCUT2D eigenvalue weighted by atomic mass is 32.2. The van der Waals surface area contributed by atoms with E-state index in [1.165, 1.54) is 16.7 Å². The molecule has 0 fully saturated rings. The number of benzene rings is 1. The SMILES string of the molecule is CCN(CC)C(=O)c1ccc2c(c1)N(CC(=O)Nc1ccc(C)cn1)C(=O)CS2. The van der Waals surface area contributed by atoms with Crippen molar-refractivity contribution in [3.05, 3.63) is 47.7 Å². The molecule has 0 atom stereocenters. The van der Waals surface area contributed by atoms with Crippen LogP contribution in [0, 0.1) is 6.92 Å². The number of nitrogens with zero attached hydrogens (tertiary/aromatic N) is 3. The van der Waals surface area contributed by atoms with Crippen LogP contribution < -0.4 is 10.2 Å². The van der Waals surface area contributed by atoms with Gasteiger partial charge in [0.2, 0.25) is 11.8 Å². The Bertz CT molecular complexity index is 926. The van der Waals surface area contributed by atoms with Crippen molar-refractivity contribution < 1.29 is 14.4 Å². The smallest absolute Gasteiger partial charge is 0.253 e. The average Bonchev–Trinajstić information content (AvgIpc) is 2.72. The summed E-state index contributed by atoms with van der Waals surface area (Å²) in [7, 11) is 0. The lowest BCUT2D eigenvalue weighted by atomic mass is 10.1. The van der Waals surface area contributed by atoms with Crippen molar-refractivity contribution in [1.82, 2.24) is 9.88 Å². The summed E-state index contributed by atoms with van der Waals surface area (Å²) >= 11 is 1.41. The Morgan fingerprint density at radius 1 is 1.21 bits per heavy atom. The molecule has 0 saturated heterocycles. The van der Waals surface area contributed by atoms with Crippen LogP contribution in [0.25, 0.3) is 0 Å².